The Morgan fingerprint density at radius 1 is 1.46 bits per heavy atom. The highest BCUT2D eigenvalue weighted by molar-refractivity contribution is 7.07. The molecule has 2 N–H and O–H groups in total. The number of hydrogen-bond donors (Lipinski definition) is 2. The molecule has 1 aromatic heterocycles. The summed E-state index contributed by atoms with van der Waals surface area (Å²) in [4.78, 5) is 21.3. The van der Waals surface area contributed by atoms with Gasteiger partial charge in [0.2, 0.25) is 0 Å². The first-order valence-corrected chi connectivity index (χ1v) is 8.44. The van der Waals surface area contributed by atoms with Gasteiger partial charge in [-0.1, -0.05) is 12.1 Å². The number of rotatable bonds is 4. The van der Waals surface area contributed by atoms with Gasteiger partial charge in [0.1, 0.15) is 17.5 Å². The lowest BCUT2D eigenvalue weighted by molar-refractivity contribution is -0.138. The number of allylic oxidation sites excluding steroid dienone is 1. The predicted octanol–water partition coefficient (Wildman–Crippen LogP) is 2.78. The van der Waals surface area contributed by atoms with E-state index < -0.39 is 12.0 Å². The maximum atomic E-state index is 12.4. The van der Waals surface area contributed by atoms with Crippen molar-refractivity contribution in [2.24, 2.45) is 4.99 Å². The van der Waals surface area contributed by atoms with Crippen molar-refractivity contribution in [3.05, 3.63) is 57.7 Å². The molecule has 1 aliphatic rings. The number of nitrogens with zero attached hydrogens (tertiary/aromatic N) is 2. The minimum atomic E-state index is -0.561. The largest absolute Gasteiger partial charge is 0.508 e. The van der Waals surface area contributed by atoms with Crippen molar-refractivity contribution in [2.45, 2.75) is 19.9 Å². The van der Waals surface area contributed by atoms with E-state index in [2.05, 4.69) is 15.3 Å². The van der Waals surface area contributed by atoms with Crippen LogP contribution in [0.15, 0.2) is 51.4 Å². The second-order valence-corrected chi connectivity index (χ2v) is 5.95. The minimum absolute atomic E-state index is 0.123. The summed E-state index contributed by atoms with van der Waals surface area (Å²) in [5.41, 5.74) is 4.25. The summed E-state index contributed by atoms with van der Waals surface area (Å²) in [6.45, 7) is 3.85. The molecule has 0 aliphatic carbocycles. The highest BCUT2D eigenvalue weighted by Crippen LogP contribution is 2.33. The van der Waals surface area contributed by atoms with Gasteiger partial charge in [-0.15, -0.1) is 11.3 Å². The number of thiazole rings is 1. The summed E-state index contributed by atoms with van der Waals surface area (Å²) in [5.74, 6) is 0.296. The number of aromatic nitrogens is 1. The average molecular weight is 343 g/mol. The monoisotopic (exact) mass is 343 g/mol. The Balaban J connectivity index is 2.08. The van der Waals surface area contributed by atoms with Gasteiger partial charge in [-0.2, -0.15) is 0 Å². The highest BCUT2D eigenvalue weighted by Gasteiger charge is 2.31. The Hall–Kier alpha value is -2.67. The van der Waals surface area contributed by atoms with Crippen molar-refractivity contribution in [1.82, 2.24) is 10.3 Å². The van der Waals surface area contributed by atoms with Gasteiger partial charge >= 0.3 is 5.97 Å². The van der Waals surface area contributed by atoms with Gasteiger partial charge in [-0.25, -0.2) is 9.78 Å². The van der Waals surface area contributed by atoms with Crippen molar-refractivity contribution in [1.29, 1.82) is 0 Å². The summed E-state index contributed by atoms with van der Waals surface area (Å²) >= 11 is 1.47. The van der Waals surface area contributed by atoms with Crippen LogP contribution in [0.1, 0.15) is 31.1 Å². The van der Waals surface area contributed by atoms with Gasteiger partial charge in [0.05, 0.1) is 17.7 Å². The number of nitrogens with one attached hydrogen (secondary N) is 1. The van der Waals surface area contributed by atoms with Gasteiger partial charge in [-0.3, -0.25) is 4.99 Å². The molecule has 124 valence electrons. The molecule has 0 saturated carbocycles. The molecule has 1 unspecified atom stereocenters. The first kappa shape index (κ1) is 16.2. The van der Waals surface area contributed by atoms with Crippen LogP contribution in [0.3, 0.4) is 0 Å². The van der Waals surface area contributed by atoms with Crippen LogP contribution >= 0.6 is 11.3 Å². The topological polar surface area (TPSA) is 83.8 Å². The fourth-order valence-corrected chi connectivity index (χ4v) is 3.08. The number of phenolic OH excluding ortho intramolecular Hbond substituents is 1. The molecule has 0 fully saturated rings. The molecule has 7 heteroatoms. The van der Waals surface area contributed by atoms with E-state index in [9.17, 15) is 9.90 Å². The van der Waals surface area contributed by atoms with E-state index in [0.29, 0.717) is 28.4 Å². The van der Waals surface area contributed by atoms with Gasteiger partial charge < -0.3 is 15.2 Å². The lowest BCUT2D eigenvalue weighted by Gasteiger charge is -2.25. The van der Waals surface area contributed by atoms with Crippen LogP contribution in [-0.4, -0.2) is 28.5 Å². The third kappa shape index (κ3) is 3.16. The molecule has 2 aromatic rings. The fraction of sp³-hybridized carbons (Fsp3) is 0.235. The Bertz CT molecular complexity index is 812. The number of carbonyl (C=O) groups excluding carboxylic acids is 1. The first-order valence-electron chi connectivity index (χ1n) is 7.50. The van der Waals surface area contributed by atoms with Crippen LogP contribution in [-0.2, 0) is 9.53 Å². The lowest BCUT2D eigenvalue weighted by Crippen LogP contribution is -2.33. The van der Waals surface area contributed by atoms with E-state index >= 15 is 0 Å². The van der Waals surface area contributed by atoms with Crippen molar-refractivity contribution in [3.8, 4) is 5.75 Å². The van der Waals surface area contributed by atoms with Crippen LogP contribution in [0.5, 0.6) is 5.75 Å². The number of aromatic hydroxyl groups is 1. The Kier molecular flexibility index (Phi) is 4.61. The number of phenols is 1. The standard InChI is InChI=1S/C17H17N3O3S/c1-3-23-17(22)14-10(2)19-16(13-8-24-9-18-13)20-15(14)11-5-4-6-12(21)7-11/h4-9,15,21H,3H2,1-2H3,(H,19,20). The molecule has 2 heterocycles. The molecule has 0 bridgehead atoms. The molecule has 0 radical (unpaired) electrons. The van der Waals surface area contributed by atoms with Crippen LogP contribution in [0.25, 0.3) is 0 Å². The van der Waals surface area contributed by atoms with Crippen LogP contribution < -0.4 is 5.32 Å². The number of esters is 1. The summed E-state index contributed by atoms with van der Waals surface area (Å²) in [6, 6.07) is 6.17. The molecule has 1 aromatic carbocycles. The number of aliphatic imine (C=N–C) groups is 1. The van der Waals surface area contributed by atoms with Crippen LogP contribution in [0.2, 0.25) is 0 Å². The normalized spacial score (nSPS) is 17.2. The third-order valence-electron chi connectivity index (χ3n) is 3.60. The van der Waals surface area contributed by atoms with Crippen molar-refractivity contribution in [3.63, 3.8) is 0 Å². The highest BCUT2D eigenvalue weighted by atomic mass is 32.1. The van der Waals surface area contributed by atoms with Crippen molar-refractivity contribution in [2.75, 3.05) is 6.61 Å². The first-order chi connectivity index (χ1) is 11.6. The maximum absolute atomic E-state index is 12.4. The molecule has 0 saturated heterocycles. The molecule has 0 spiro atoms. The molecule has 24 heavy (non-hydrogen) atoms. The quantitative estimate of drug-likeness (QED) is 0.834. The van der Waals surface area contributed by atoms with Gasteiger partial charge in [0, 0.05) is 11.1 Å². The second-order valence-electron chi connectivity index (χ2n) is 5.23. The molecule has 6 nitrogen and oxygen atoms in total. The zero-order chi connectivity index (χ0) is 17.1. The van der Waals surface area contributed by atoms with Crippen molar-refractivity contribution >= 4 is 23.1 Å². The number of benzene rings is 1. The molecule has 3 rings (SSSR count). The number of ether oxygens (including phenoxy) is 1. The van der Waals surface area contributed by atoms with E-state index in [1.807, 2.05) is 18.4 Å². The molecule has 1 atom stereocenters. The third-order valence-corrected chi connectivity index (χ3v) is 4.18. The number of amidine groups is 1. The SMILES string of the molecule is CCOC(=O)C1=C(C)NC(c2cscn2)=NC1c1cccc(O)c1. The summed E-state index contributed by atoms with van der Waals surface area (Å²) in [6.07, 6.45) is 0. The molecular weight excluding hydrogens is 326 g/mol. The Morgan fingerprint density at radius 3 is 2.96 bits per heavy atom. The molecule has 0 amide bonds. The summed E-state index contributed by atoms with van der Waals surface area (Å²) < 4.78 is 5.18. The Morgan fingerprint density at radius 2 is 2.29 bits per heavy atom. The molecular formula is C17H17N3O3S. The van der Waals surface area contributed by atoms with Crippen LogP contribution in [0.4, 0.5) is 0 Å². The Labute approximate surface area is 143 Å². The molecule has 1 aliphatic heterocycles. The van der Waals surface area contributed by atoms with Gasteiger partial charge in [-0.05, 0) is 31.5 Å². The van der Waals surface area contributed by atoms with E-state index in [1.54, 1.807) is 30.6 Å². The van der Waals surface area contributed by atoms with E-state index in [4.69, 9.17) is 4.74 Å². The van der Waals surface area contributed by atoms with Gasteiger partial charge in [0.25, 0.3) is 0 Å². The number of hydrogen-bond acceptors (Lipinski definition) is 7. The summed E-state index contributed by atoms with van der Waals surface area (Å²) in [7, 11) is 0. The van der Waals surface area contributed by atoms with Crippen LogP contribution in [0, 0.1) is 0 Å². The smallest absolute Gasteiger partial charge is 0.338 e. The summed E-state index contributed by atoms with van der Waals surface area (Å²) in [5, 5.41) is 14.8. The fourth-order valence-electron chi connectivity index (χ4n) is 2.55. The van der Waals surface area contributed by atoms with E-state index in [1.165, 1.54) is 11.3 Å². The lowest BCUT2D eigenvalue weighted by atomic mass is 9.95. The predicted molar refractivity (Wildman–Crippen MR) is 92.0 cm³/mol. The zero-order valence-corrected chi connectivity index (χ0v) is 14.1. The zero-order valence-electron chi connectivity index (χ0n) is 13.3. The maximum Gasteiger partial charge on any atom is 0.338 e. The minimum Gasteiger partial charge on any atom is -0.508 e. The number of carbonyl (C=O) groups is 1. The van der Waals surface area contributed by atoms with Crippen molar-refractivity contribution < 1.29 is 14.6 Å². The van der Waals surface area contributed by atoms with E-state index in [0.717, 1.165) is 0 Å². The second kappa shape index (κ2) is 6.84. The van der Waals surface area contributed by atoms with E-state index in [-0.39, 0.29) is 12.4 Å². The average Bonchev–Trinajstić information content (AvgIpc) is 3.08. The van der Waals surface area contributed by atoms with Gasteiger partial charge in [0.15, 0.2) is 5.84 Å².